The van der Waals surface area contributed by atoms with Gasteiger partial charge in [-0.1, -0.05) is 12.1 Å². The number of anilines is 1. The molecule has 0 saturated carbocycles. The first kappa shape index (κ1) is 9.28. The number of nitrogen functional groups attached to an aromatic ring is 1. The maximum absolute atomic E-state index is 5.72. The Morgan fingerprint density at radius 2 is 2.07 bits per heavy atom. The van der Waals surface area contributed by atoms with Gasteiger partial charge in [0.15, 0.2) is 0 Å². The van der Waals surface area contributed by atoms with E-state index in [2.05, 4.69) is 25.1 Å². The topological polar surface area (TPSA) is 26.0 Å². The smallest absolute Gasteiger partial charge is 0.0316 e. The molecule has 0 fully saturated rings. The summed E-state index contributed by atoms with van der Waals surface area (Å²) in [4.78, 5) is 2.76. The molecule has 0 aliphatic rings. The predicted octanol–water partition coefficient (Wildman–Crippen LogP) is 3.23. The molecule has 0 spiro atoms. The van der Waals surface area contributed by atoms with E-state index in [0.717, 1.165) is 12.1 Å². The second-order valence-electron chi connectivity index (χ2n) is 3.43. The highest BCUT2D eigenvalue weighted by Crippen LogP contribution is 2.19. The Balaban J connectivity index is 2.18. The van der Waals surface area contributed by atoms with E-state index < -0.39 is 0 Å². The first-order valence-corrected chi connectivity index (χ1v) is 5.45. The van der Waals surface area contributed by atoms with Gasteiger partial charge in [0.1, 0.15) is 0 Å². The first-order valence-electron chi connectivity index (χ1n) is 4.64. The number of thiophene rings is 1. The number of nitrogens with two attached hydrogens (primary N) is 1. The Morgan fingerprint density at radius 3 is 2.71 bits per heavy atom. The minimum absolute atomic E-state index is 0.843. The van der Waals surface area contributed by atoms with Crippen LogP contribution in [-0.2, 0) is 6.42 Å². The summed E-state index contributed by atoms with van der Waals surface area (Å²) < 4.78 is 0. The molecular formula is C12H13NS. The largest absolute Gasteiger partial charge is 0.399 e. The molecule has 0 bridgehead atoms. The zero-order valence-electron chi connectivity index (χ0n) is 8.16. The van der Waals surface area contributed by atoms with Gasteiger partial charge in [0.2, 0.25) is 0 Å². The average molecular weight is 203 g/mol. The second kappa shape index (κ2) is 3.84. The van der Waals surface area contributed by atoms with E-state index in [1.807, 2.05) is 29.5 Å². The highest BCUT2D eigenvalue weighted by molar-refractivity contribution is 7.11. The van der Waals surface area contributed by atoms with Crippen LogP contribution < -0.4 is 5.73 Å². The normalized spacial score (nSPS) is 10.4. The summed E-state index contributed by atoms with van der Waals surface area (Å²) in [5.74, 6) is 0. The monoisotopic (exact) mass is 203 g/mol. The standard InChI is InChI=1S/C12H13NS/c1-9-5-6-12(14-9)8-10-3-2-4-11(13)7-10/h2-7H,8,13H2,1H3. The summed E-state index contributed by atoms with van der Waals surface area (Å²) in [5, 5.41) is 0. The molecule has 2 heteroatoms. The molecule has 2 aromatic rings. The number of benzene rings is 1. The van der Waals surface area contributed by atoms with Crippen molar-refractivity contribution in [2.24, 2.45) is 0 Å². The van der Waals surface area contributed by atoms with Crippen LogP contribution in [0.25, 0.3) is 0 Å². The fourth-order valence-electron chi connectivity index (χ4n) is 1.48. The van der Waals surface area contributed by atoms with Crippen molar-refractivity contribution < 1.29 is 0 Å². The molecule has 0 atom stereocenters. The summed E-state index contributed by atoms with van der Waals surface area (Å²) in [6.07, 6.45) is 0.990. The van der Waals surface area contributed by atoms with Gasteiger partial charge in [-0.25, -0.2) is 0 Å². The van der Waals surface area contributed by atoms with Crippen LogP contribution in [0, 0.1) is 6.92 Å². The van der Waals surface area contributed by atoms with Crippen molar-refractivity contribution in [1.29, 1.82) is 0 Å². The SMILES string of the molecule is Cc1ccc(Cc2cccc(N)c2)s1. The van der Waals surface area contributed by atoms with Gasteiger partial charge in [-0.2, -0.15) is 0 Å². The summed E-state index contributed by atoms with van der Waals surface area (Å²) in [7, 11) is 0. The molecule has 0 amide bonds. The third kappa shape index (κ3) is 2.15. The van der Waals surface area contributed by atoms with Crippen molar-refractivity contribution >= 4 is 17.0 Å². The van der Waals surface area contributed by atoms with Gasteiger partial charge >= 0.3 is 0 Å². The van der Waals surface area contributed by atoms with E-state index >= 15 is 0 Å². The van der Waals surface area contributed by atoms with Crippen molar-refractivity contribution in [3.05, 3.63) is 51.7 Å². The maximum Gasteiger partial charge on any atom is 0.0316 e. The molecule has 0 saturated heterocycles. The van der Waals surface area contributed by atoms with E-state index in [-0.39, 0.29) is 0 Å². The van der Waals surface area contributed by atoms with Crippen LogP contribution in [0.3, 0.4) is 0 Å². The lowest BCUT2D eigenvalue weighted by atomic mass is 10.1. The van der Waals surface area contributed by atoms with Gasteiger partial charge in [0.25, 0.3) is 0 Å². The van der Waals surface area contributed by atoms with Crippen molar-refractivity contribution in [3.8, 4) is 0 Å². The van der Waals surface area contributed by atoms with Crippen molar-refractivity contribution in [2.45, 2.75) is 13.3 Å². The molecule has 1 aromatic carbocycles. The second-order valence-corrected chi connectivity index (χ2v) is 4.81. The highest BCUT2D eigenvalue weighted by atomic mass is 32.1. The lowest BCUT2D eigenvalue weighted by Gasteiger charge is -1.99. The summed E-state index contributed by atoms with van der Waals surface area (Å²) in [5.41, 5.74) is 7.85. The number of hydrogen-bond acceptors (Lipinski definition) is 2. The minimum Gasteiger partial charge on any atom is -0.399 e. The molecule has 1 nitrogen and oxygen atoms in total. The molecule has 0 aliphatic carbocycles. The predicted molar refractivity (Wildman–Crippen MR) is 62.7 cm³/mol. The van der Waals surface area contributed by atoms with Gasteiger partial charge in [-0.15, -0.1) is 11.3 Å². The van der Waals surface area contributed by atoms with Gasteiger partial charge < -0.3 is 5.73 Å². The lowest BCUT2D eigenvalue weighted by molar-refractivity contribution is 1.24. The van der Waals surface area contributed by atoms with Gasteiger partial charge in [-0.05, 0) is 36.8 Å². The Hall–Kier alpha value is -1.28. The average Bonchev–Trinajstić information content (AvgIpc) is 2.51. The molecule has 1 heterocycles. The summed E-state index contributed by atoms with van der Waals surface area (Å²) >= 11 is 1.85. The molecule has 2 rings (SSSR count). The fourth-order valence-corrected chi connectivity index (χ4v) is 2.41. The molecular weight excluding hydrogens is 190 g/mol. The lowest BCUT2D eigenvalue weighted by Crippen LogP contribution is -1.88. The van der Waals surface area contributed by atoms with E-state index in [1.54, 1.807) is 0 Å². The molecule has 0 radical (unpaired) electrons. The molecule has 14 heavy (non-hydrogen) atoms. The fraction of sp³-hybridized carbons (Fsp3) is 0.167. The number of aryl methyl sites for hydroxylation is 1. The van der Waals surface area contributed by atoms with Crippen molar-refractivity contribution in [3.63, 3.8) is 0 Å². The molecule has 0 aliphatic heterocycles. The number of hydrogen-bond donors (Lipinski definition) is 1. The van der Waals surface area contributed by atoms with Gasteiger partial charge in [-0.3, -0.25) is 0 Å². The van der Waals surface area contributed by atoms with E-state index in [1.165, 1.54) is 15.3 Å². The number of rotatable bonds is 2. The van der Waals surface area contributed by atoms with Gasteiger partial charge in [0, 0.05) is 21.9 Å². The quantitative estimate of drug-likeness (QED) is 0.745. The van der Waals surface area contributed by atoms with Crippen molar-refractivity contribution in [1.82, 2.24) is 0 Å². The zero-order valence-corrected chi connectivity index (χ0v) is 8.97. The Labute approximate surface area is 88.2 Å². The maximum atomic E-state index is 5.72. The summed E-state index contributed by atoms with van der Waals surface area (Å²) in [6, 6.07) is 12.4. The Morgan fingerprint density at radius 1 is 1.21 bits per heavy atom. The highest BCUT2D eigenvalue weighted by Gasteiger charge is 1.99. The van der Waals surface area contributed by atoms with Crippen LogP contribution in [0.1, 0.15) is 15.3 Å². The Bertz CT molecular complexity index is 431. The summed E-state index contributed by atoms with van der Waals surface area (Å²) in [6.45, 7) is 2.13. The Kier molecular flexibility index (Phi) is 2.55. The van der Waals surface area contributed by atoms with Gasteiger partial charge in [0.05, 0.1) is 0 Å². The van der Waals surface area contributed by atoms with Crippen LogP contribution in [0.5, 0.6) is 0 Å². The van der Waals surface area contributed by atoms with Crippen LogP contribution in [-0.4, -0.2) is 0 Å². The first-order chi connectivity index (χ1) is 6.74. The third-order valence-electron chi connectivity index (χ3n) is 2.13. The van der Waals surface area contributed by atoms with Crippen molar-refractivity contribution in [2.75, 3.05) is 5.73 Å². The van der Waals surface area contributed by atoms with Crippen LogP contribution in [0.4, 0.5) is 5.69 Å². The van der Waals surface area contributed by atoms with Crippen LogP contribution >= 0.6 is 11.3 Å². The zero-order chi connectivity index (χ0) is 9.97. The van der Waals surface area contributed by atoms with E-state index in [9.17, 15) is 0 Å². The molecule has 0 unspecified atom stereocenters. The van der Waals surface area contributed by atoms with Crippen LogP contribution in [0.2, 0.25) is 0 Å². The van der Waals surface area contributed by atoms with E-state index in [0.29, 0.717) is 0 Å². The molecule has 2 N–H and O–H groups in total. The molecule has 1 aromatic heterocycles. The van der Waals surface area contributed by atoms with E-state index in [4.69, 9.17) is 5.73 Å². The van der Waals surface area contributed by atoms with Crippen LogP contribution in [0.15, 0.2) is 36.4 Å². The minimum atomic E-state index is 0.843. The third-order valence-corrected chi connectivity index (χ3v) is 3.13. The molecule has 72 valence electrons.